The maximum Gasteiger partial charge on any atom is 0.216 e. The van der Waals surface area contributed by atoms with E-state index < -0.39 is 0 Å². The molecule has 76 valence electrons. The van der Waals surface area contributed by atoms with Gasteiger partial charge in [-0.1, -0.05) is 0 Å². The minimum absolute atomic E-state index is 0.261. The third-order valence-electron chi connectivity index (χ3n) is 2.41. The Balaban J connectivity index is 2.02. The fourth-order valence-corrected chi connectivity index (χ4v) is 1.96. The van der Waals surface area contributed by atoms with Gasteiger partial charge in [-0.05, 0) is 41.8 Å². The first-order chi connectivity index (χ1) is 6.65. The predicted octanol–water partition coefficient (Wildman–Crippen LogP) is 2.02. The van der Waals surface area contributed by atoms with Crippen molar-refractivity contribution in [1.82, 2.24) is 4.98 Å². The van der Waals surface area contributed by atoms with Gasteiger partial charge in [-0.25, -0.2) is 4.98 Å². The highest BCUT2D eigenvalue weighted by Gasteiger charge is 2.28. The van der Waals surface area contributed by atoms with E-state index in [2.05, 4.69) is 20.9 Å². The molecule has 1 saturated carbocycles. The van der Waals surface area contributed by atoms with Gasteiger partial charge < -0.3 is 10.5 Å². The summed E-state index contributed by atoms with van der Waals surface area (Å²) < 4.78 is 6.67. The second-order valence-corrected chi connectivity index (χ2v) is 4.66. The molecule has 0 amide bonds. The zero-order chi connectivity index (χ0) is 10.1. The van der Waals surface area contributed by atoms with Gasteiger partial charge in [-0.3, -0.25) is 0 Å². The molecule has 0 spiro atoms. The molecule has 3 nitrogen and oxygen atoms in total. The van der Waals surface area contributed by atoms with Crippen LogP contribution >= 0.6 is 15.9 Å². The zero-order valence-corrected chi connectivity index (χ0v) is 9.62. The van der Waals surface area contributed by atoms with E-state index in [9.17, 15) is 0 Å². The van der Waals surface area contributed by atoms with Crippen LogP contribution in [0, 0.1) is 6.92 Å². The van der Waals surface area contributed by atoms with Gasteiger partial charge in [-0.15, -0.1) is 0 Å². The smallest absolute Gasteiger partial charge is 0.216 e. The standard InChI is InChI=1S/C10H13BrN2O/c1-6-2-7(11)5-13-10(6)14-9-3-8(12)4-9/h2,5,8-9H,3-4,12H2,1H3. The number of aryl methyl sites for hydroxylation is 1. The number of ether oxygens (including phenoxy) is 1. The number of halogens is 1. The van der Waals surface area contributed by atoms with Crippen molar-refractivity contribution in [3.63, 3.8) is 0 Å². The van der Waals surface area contributed by atoms with Crippen LogP contribution in [0.1, 0.15) is 18.4 Å². The molecule has 0 bridgehead atoms. The quantitative estimate of drug-likeness (QED) is 0.881. The lowest BCUT2D eigenvalue weighted by atomic mass is 9.90. The summed E-state index contributed by atoms with van der Waals surface area (Å²) in [4.78, 5) is 4.21. The van der Waals surface area contributed by atoms with Gasteiger partial charge in [0.2, 0.25) is 5.88 Å². The second kappa shape index (κ2) is 3.87. The van der Waals surface area contributed by atoms with Crippen LogP contribution in [0.15, 0.2) is 16.7 Å². The van der Waals surface area contributed by atoms with E-state index in [4.69, 9.17) is 10.5 Å². The van der Waals surface area contributed by atoms with Gasteiger partial charge in [0.1, 0.15) is 6.10 Å². The van der Waals surface area contributed by atoms with Crippen LogP contribution in [0.3, 0.4) is 0 Å². The van der Waals surface area contributed by atoms with Crippen molar-refractivity contribution < 1.29 is 4.74 Å². The number of pyridine rings is 1. The molecule has 14 heavy (non-hydrogen) atoms. The van der Waals surface area contributed by atoms with E-state index in [1.807, 2.05) is 13.0 Å². The lowest BCUT2D eigenvalue weighted by Gasteiger charge is -2.32. The third kappa shape index (κ3) is 2.07. The lowest BCUT2D eigenvalue weighted by molar-refractivity contribution is 0.0950. The maximum absolute atomic E-state index is 5.69. The van der Waals surface area contributed by atoms with Crippen LogP contribution in [-0.2, 0) is 0 Å². The van der Waals surface area contributed by atoms with E-state index in [0.717, 1.165) is 28.8 Å². The summed E-state index contributed by atoms with van der Waals surface area (Å²) in [5.41, 5.74) is 6.73. The summed E-state index contributed by atoms with van der Waals surface area (Å²) in [6, 6.07) is 2.32. The van der Waals surface area contributed by atoms with Gasteiger partial charge in [0.05, 0.1) is 0 Å². The van der Waals surface area contributed by atoms with Gasteiger partial charge >= 0.3 is 0 Å². The molecule has 4 heteroatoms. The average Bonchev–Trinajstić information content (AvgIpc) is 2.06. The second-order valence-electron chi connectivity index (χ2n) is 3.75. The summed E-state index contributed by atoms with van der Waals surface area (Å²) in [5, 5.41) is 0. The maximum atomic E-state index is 5.69. The van der Waals surface area contributed by atoms with Crippen LogP contribution in [0.4, 0.5) is 0 Å². The molecule has 1 fully saturated rings. The Morgan fingerprint density at radius 2 is 2.29 bits per heavy atom. The Morgan fingerprint density at radius 3 is 2.86 bits per heavy atom. The molecular formula is C10H13BrN2O. The molecular weight excluding hydrogens is 244 g/mol. The molecule has 1 heterocycles. The molecule has 2 rings (SSSR count). The zero-order valence-electron chi connectivity index (χ0n) is 8.03. The van der Waals surface area contributed by atoms with E-state index in [1.165, 1.54) is 0 Å². The van der Waals surface area contributed by atoms with Gasteiger partial charge in [0.15, 0.2) is 0 Å². The monoisotopic (exact) mass is 256 g/mol. The SMILES string of the molecule is Cc1cc(Br)cnc1OC1CC(N)C1. The molecule has 0 radical (unpaired) electrons. The molecule has 0 aromatic carbocycles. The van der Waals surface area contributed by atoms with Crippen molar-refractivity contribution in [3.05, 3.63) is 22.3 Å². The van der Waals surface area contributed by atoms with Crippen molar-refractivity contribution in [3.8, 4) is 5.88 Å². The highest BCUT2D eigenvalue weighted by Crippen LogP contribution is 2.26. The molecule has 1 aromatic heterocycles. The highest BCUT2D eigenvalue weighted by atomic mass is 79.9. The van der Waals surface area contributed by atoms with Crippen molar-refractivity contribution in [2.75, 3.05) is 0 Å². The van der Waals surface area contributed by atoms with Crippen LogP contribution in [0.5, 0.6) is 5.88 Å². The Morgan fingerprint density at radius 1 is 1.57 bits per heavy atom. The summed E-state index contributed by atoms with van der Waals surface area (Å²) in [6.07, 6.45) is 3.90. The van der Waals surface area contributed by atoms with Crippen LogP contribution in [-0.4, -0.2) is 17.1 Å². The molecule has 1 aromatic rings. The van der Waals surface area contributed by atoms with E-state index in [-0.39, 0.29) is 6.10 Å². The van der Waals surface area contributed by atoms with Gasteiger partial charge in [0.25, 0.3) is 0 Å². The van der Waals surface area contributed by atoms with Gasteiger partial charge in [0, 0.05) is 22.3 Å². The fourth-order valence-electron chi connectivity index (χ4n) is 1.51. The molecule has 0 unspecified atom stereocenters. The largest absolute Gasteiger partial charge is 0.474 e. The first-order valence-corrected chi connectivity index (χ1v) is 5.49. The van der Waals surface area contributed by atoms with Crippen molar-refractivity contribution in [2.24, 2.45) is 5.73 Å². The topological polar surface area (TPSA) is 48.1 Å². The number of hydrogen-bond acceptors (Lipinski definition) is 3. The molecule has 0 aliphatic heterocycles. The summed E-state index contributed by atoms with van der Waals surface area (Å²) in [6.45, 7) is 1.99. The van der Waals surface area contributed by atoms with E-state index >= 15 is 0 Å². The van der Waals surface area contributed by atoms with Crippen molar-refractivity contribution in [2.45, 2.75) is 31.9 Å². The van der Waals surface area contributed by atoms with Crippen molar-refractivity contribution >= 4 is 15.9 Å². The Kier molecular flexibility index (Phi) is 2.74. The third-order valence-corrected chi connectivity index (χ3v) is 2.84. The van der Waals surface area contributed by atoms with Crippen LogP contribution in [0.2, 0.25) is 0 Å². The van der Waals surface area contributed by atoms with E-state index in [0.29, 0.717) is 6.04 Å². The number of nitrogens with two attached hydrogens (primary N) is 1. The van der Waals surface area contributed by atoms with Crippen LogP contribution < -0.4 is 10.5 Å². The first-order valence-electron chi connectivity index (χ1n) is 4.69. The van der Waals surface area contributed by atoms with Crippen LogP contribution in [0.25, 0.3) is 0 Å². The Labute approximate surface area is 91.8 Å². The lowest BCUT2D eigenvalue weighted by Crippen LogP contribution is -2.43. The first kappa shape index (κ1) is 9.93. The number of rotatable bonds is 2. The Bertz CT molecular complexity index is 337. The number of aromatic nitrogens is 1. The molecule has 1 aliphatic rings. The summed E-state index contributed by atoms with van der Waals surface area (Å²) >= 11 is 3.37. The molecule has 0 atom stereocenters. The summed E-state index contributed by atoms with van der Waals surface area (Å²) in [5.74, 6) is 0.727. The normalized spacial score (nSPS) is 25.6. The molecule has 0 saturated heterocycles. The predicted molar refractivity (Wildman–Crippen MR) is 58.3 cm³/mol. The Hall–Kier alpha value is -0.610. The average molecular weight is 257 g/mol. The van der Waals surface area contributed by atoms with E-state index in [1.54, 1.807) is 6.20 Å². The van der Waals surface area contributed by atoms with Crippen molar-refractivity contribution in [1.29, 1.82) is 0 Å². The fraction of sp³-hybridized carbons (Fsp3) is 0.500. The minimum atomic E-state index is 0.261. The number of hydrogen-bond donors (Lipinski definition) is 1. The van der Waals surface area contributed by atoms with Gasteiger partial charge in [-0.2, -0.15) is 0 Å². The molecule has 2 N–H and O–H groups in total. The highest BCUT2D eigenvalue weighted by molar-refractivity contribution is 9.10. The molecule has 1 aliphatic carbocycles. The number of nitrogens with zero attached hydrogens (tertiary/aromatic N) is 1. The summed E-state index contributed by atoms with van der Waals surface area (Å²) in [7, 11) is 0. The minimum Gasteiger partial charge on any atom is -0.474 e.